The van der Waals surface area contributed by atoms with Gasteiger partial charge in [0, 0.05) is 17.3 Å². The largest absolute Gasteiger partial charge is 0.507 e. The topological polar surface area (TPSA) is 89.2 Å². The Labute approximate surface area is 191 Å². The van der Waals surface area contributed by atoms with Crippen molar-refractivity contribution in [2.24, 2.45) is 0 Å². The van der Waals surface area contributed by atoms with Crippen molar-refractivity contribution < 1.29 is 28.6 Å². The minimum Gasteiger partial charge on any atom is -0.507 e. The lowest BCUT2D eigenvalue weighted by Gasteiger charge is -2.23. The SMILES string of the molecule is CCCOc1ccc(/C(O)=C2/C(=O)C(=O)N(c3cccc(OCC)c3)C2c2ccco2)cc1. The summed E-state index contributed by atoms with van der Waals surface area (Å²) in [6, 6.07) is 16.1. The smallest absolute Gasteiger partial charge is 0.300 e. The number of benzene rings is 2. The third-order valence-electron chi connectivity index (χ3n) is 5.26. The molecule has 4 rings (SSSR count). The summed E-state index contributed by atoms with van der Waals surface area (Å²) in [5, 5.41) is 11.1. The monoisotopic (exact) mass is 447 g/mol. The Morgan fingerprint density at radius 3 is 2.45 bits per heavy atom. The highest BCUT2D eigenvalue weighted by Gasteiger charge is 2.48. The molecule has 33 heavy (non-hydrogen) atoms. The molecule has 7 heteroatoms. The second-order valence-electron chi connectivity index (χ2n) is 7.49. The van der Waals surface area contributed by atoms with Gasteiger partial charge in [0.15, 0.2) is 0 Å². The minimum atomic E-state index is -0.923. The van der Waals surface area contributed by atoms with E-state index in [2.05, 4.69) is 0 Å². The fourth-order valence-corrected chi connectivity index (χ4v) is 3.79. The number of Topliss-reactive ketones (excluding diaryl/α,β-unsaturated/α-hetero) is 1. The van der Waals surface area contributed by atoms with Crippen LogP contribution in [0.3, 0.4) is 0 Å². The number of amides is 1. The molecule has 1 unspecified atom stereocenters. The number of ketones is 1. The number of aliphatic hydroxyl groups is 1. The Morgan fingerprint density at radius 1 is 1.00 bits per heavy atom. The zero-order valence-electron chi connectivity index (χ0n) is 18.5. The van der Waals surface area contributed by atoms with Crippen molar-refractivity contribution in [3.8, 4) is 11.5 Å². The summed E-state index contributed by atoms with van der Waals surface area (Å²) in [7, 11) is 0. The molecular formula is C26H25NO6. The summed E-state index contributed by atoms with van der Waals surface area (Å²) in [4.78, 5) is 27.6. The van der Waals surface area contributed by atoms with Crippen molar-refractivity contribution in [3.05, 3.63) is 83.8 Å². The molecule has 1 aliphatic rings. The van der Waals surface area contributed by atoms with Crippen LogP contribution in [0.2, 0.25) is 0 Å². The number of rotatable bonds is 8. The van der Waals surface area contributed by atoms with E-state index in [9.17, 15) is 14.7 Å². The van der Waals surface area contributed by atoms with Gasteiger partial charge in [-0.1, -0.05) is 13.0 Å². The number of carbonyl (C=O) groups excluding carboxylic acids is 2. The Bertz CT molecular complexity index is 1160. The zero-order chi connectivity index (χ0) is 23.4. The molecule has 0 spiro atoms. The lowest BCUT2D eigenvalue weighted by Crippen LogP contribution is -2.29. The standard InChI is InChI=1S/C26H25NO6/c1-3-14-32-19-12-10-17(11-13-19)24(28)22-23(21-9-6-15-33-21)27(26(30)25(22)29)18-7-5-8-20(16-18)31-4-2/h5-13,15-16,23,28H,3-4,14H2,1-2H3/b24-22-. The van der Waals surface area contributed by atoms with Crippen molar-refractivity contribution in [2.45, 2.75) is 26.3 Å². The van der Waals surface area contributed by atoms with Crippen molar-refractivity contribution >= 4 is 23.1 Å². The van der Waals surface area contributed by atoms with E-state index in [1.807, 2.05) is 13.8 Å². The number of hydrogen-bond acceptors (Lipinski definition) is 6. The molecule has 1 amide bonds. The van der Waals surface area contributed by atoms with Crippen molar-refractivity contribution in [1.29, 1.82) is 0 Å². The fourth-order valence-electron chi connectivity index (χ4n) is 3.79. The van der Waals surface area contributed by atoms with Gasteiger partial charge in [-0.15, -0.1) is 0 Å². The van der Waals surface area contributed by atoms with Crippen LogP contribution in [-0.4, -0.2) is 30.0 Å². The maximum absolute atomic E-state index is 13.1. The van der Waals surface area contributed by atoms with Crippen LogP contribution >= 0.6 is 0 Å². The molecule has 3 aromatic rings. The van der Waals surface area contributed by atoms with E-state index in [1.54, 1.807) is 60.7 Å². The lowest BCUT2D eigenvalue weighted by atomic mass is 9.99. The van der Waals surface area contributed by atoms with Gasteiger partial charge < -0.3 is 19.0 Å². The first-order chi connectivity index (χ1) is 16.0. The molecule has 1 N–H and O–H groups in total. The highest BCUT2D eigenvalue weighted by molar-refractivity contribution is 6.51. The van der Waals surface area contributed by atoms with Crippen molar-refractivity contribution in [2.75, 3.05) is 18.1 Å². The molecule has 2 aromatic carbocycles. The van der Waals surface area contributed by atoms with Crippen molar-refractivity contribution in [1.82, 2.24) is 0 Å². The van der Waals surface area contributed by atoms with Gasteiger partial charge in [-0.3, -0.25) is 14.5 Å². The first-order valence-electron chi connectivity index (χ1n) is 10.9. The number of hydrogen-bond donors (Lipinski definition) is 1. The normalized spacial score (nSPS) is 17.4. The third-order valence-corrected chi connectivity index (χ3v) is 5.26. The van der Waals surface area contributed by atoms with Crippen LogP contribution in [0, 0.1) is 0 Å². The third kappa shape index (κ3) is 4.35. The molecule has 2 heterocycles. The summed E-state index contributed by atoms with van der Waals surface area (Å²) < 4.78 is 16.7. The predicted molar refractivity (Wildman–Crippen MR) is 123 cm³/mol. The van der Waals surface area contributed by atoms with E-state index in [0.29, 0.717) is 41.7 Å². The van der Waals surface area contributed by atoms with Crippen LogP contribution in [0.1, 0.15) is 37.6 Å². The van der Waals surface area contributed by atoms with E-state index in [0.717, 1.165) is 6.42 Å². The maximum atomic E-state index is 13.1. The van der Waals surface area contributed by atoms with Gasteiger partial charge in [-0.2, -0.15) is 0 Å². The molecule has 170 valence electrons. The lowest BCUT2D eigenvalue weighted by molar-refractivity contribution is -0.132. The molecule has 0 bridgehead atoms. The zero-order valence-corrected chi connectivity index (χ0v) is 18.5. The van der Waals surface area contributed by atoms with Gasteiger partial charge >= 0.3 is 0 Å². The number of furan rings is 1. The summed E-state index contributed by atoms with van der Waals surface area (Å²) in [5.41, 5.74) is 0.822. The second-order valence-corrected chi connectivity index (χ2v) is 7.49. The van der Waals surface area contributed by atoms with E-state index in [4.69, 9.17) is 13.9 Å². The van der Waals surface area contributed by atoms with Gasteiger partial charge in [0.1, 0.15) is 29.1 Å². The van der Waals surface area contributed by atoms with Gasteiger partial charge in [0.2, 0.25) is 0 Å². The summed E-state index contributed by atoms with van der Waals surface area (Å²) >= 11 is 0. The number of nitrogens with zero attached hydrogens (tertiary/aromatic N) is 1. The van der Waals surface area contributed by atoms with E-state index in [-0.39, 0.29) is 11.3 Å². The molecule has 1 fully saturated rings. The average molecular weight is 447 g/mol. The summed E-state index contributed by atoms with van der Waals surface area (Å²) in [6.45, 7) is 4.91. The van der Waals surface area contributed by atoms with E-state index < -0.39 is 17.7 Å². The Kier molecular flexibility index (Phi) is 6.49. The quantitative estimate of drug-likeness (QED) is 0.294. The predicted octanol–water partition coefficient (Wildman–Crippen LogP) is 5.09. The molecule has 1 atom stereocenters. The molecule has 7 nitrogen and oxygen atoms in total. The van der Waals surface area contributed by atoms with Crippen LogP contribution in [0.25, 0.3) is 5.76 Å². The van der Waals surface area contributed by atoms with Crippen LogP contribution in [0.15, 0.2) is 76.9 Å². The molecule has 1 saturated heterocycles. The molecule has 0 aliphatic carbocycles. The highest BCUT2D eigenvalue weighted by Crippen LogP contribution is 2.43. The Hall–Kier alpha value is -4.00. The van der Waals surface area contributed by atoms with Gasteiger partial charge in [0.25, 0.3) is 11.7 Å². The van der Waals surface area contributed by atoms with Crippen LogP contribution in [0.4, 0.5) is 5.69 Å². The molecule has 0 saturated carbocycles. The summed E-state index contributed by atoms with van der Waals surface area (Å²) in [6.07, 6.45) is 2.34. The Balaban J connectivity index is 1.80. The molecule has 1 aliphatic heterocycles. The highest BCUT2D eigenvalue weighted by atomic mass is 16.5. The Morgan fingerprint density at radius 2 is 1.79 bits per heavy atom. The van der Waals surface area contributed by atoms with Gasteiger partial charge in [-0.25, -0.2) is 0 Å². The molecular weight excluding hydrogens is 422 g/mol. The molecule has 1 aromatic heterocycles. The fraction of sp³-hybridized carbons (Fsp3) is 0.231. The number of carbonyl (C=O) groups is 2. The average Bonchev–Trinajstić information content (AvgIpc) is 3.45. The maximum Gasteiger partial charge on any atom is 0.300 e. The number of anilines is 1. The number of ether oxygens (including phenoxy) is 2. The van der Waals surface area contributed by atoms with Crippen LogP contribution in [0.5, 0.6) is 11.5 Å². The van der Waals surface area contributed by atoms with Crippen LogP contribution in [-0.2, 0) is 9.59 Å². The minimum absolute atomic E-state index is 0.0426. The van der Waals surface area contributed by atoms with Gasteiger partial charge in [-0.05, 0) is 61.9 Å². The first-order valence-corrected chi connectivity index (χ1v) is 10.9. The molecule has 0 radical (unpaired) electrons. The number of aliphatic hydroxyl groups excluding tert-OH is 1. The van der Waals surface area contributed by atoms with Gasteiger partial charge in [0.05, 0.1) is 25.1 Å². The van der Waals surface area contributed by atoms with E-state index in [1.165, 1.54) is 11.2 Å². The van der Waals surface area contributed by atoms with E-state index >= 15 is 0 Å². The van der Waals surface area contributed by atoms with Crippen molar-refractivity contribution in [3.63, 3.8) is 0 Å². The van der Waals surface area contributed by atoms with Crippen LogP contribution < -0.4 is 14.4 Å². The second kappa shape index (κ2) is 9.65. The summed E-state index contributed by atoms with van der Waals surface area (Å²) in [5.74, 6) is -0.237. The first kappa shape index (κ1) is 22.2.